The van der Waals surface area contributed by atoms with E-state index in [-0.39, 0.29) is 136 Å². The molecule has 0 aromatic carbocycles. The minimum atomic E-state index is -0.844. The summed E-state index contributed by atoms with van der Waals surface area (Å²) in [5, 5.41) is 3.19. The van der Waals surface area contributed by atoms with Gasteiger partial charge in [0.25, 0.3) is 0 Å². The molecule has 0 unspecified atom stereocenters. The Morgan fingerprint density at radius 3 is 0.711 bits per heavy atom. The van der Waals surface area contributed by atoms with Crippen LogP contribution in [0.2, 0.25) is 0 Å². The zero-order valence-corrected chi connectivity index (χ0v) is 49.1. The standard InChI is InChI=1S/C51H93N13O12/c1-46(2,3)71-40(65)59-25-21-57(22-26-60(41(66)72-47(4,5)6)30-34-63(33-29-59)44(69)75-50(13,14)15)38-54-37(53-20-19-52)55-39(56-38)58-23-27-61(42(67)73-48(7,8)9)31-35-64(45(70)76-51(16,17)18)36-32-62(28-24-58)43(68)74-49(10,11)12/h19-36,52H2,1-18H3,(H,53,54,55,56). The van der Waals surface area contributed by atoms with E-state index in [0.29, 0.717) is 0 Å². The van der Waals surface area contributed by atoms with Gasteiger partial charge in [0.05, 0.1) is 0 Å². The molecule has 0 spiro atoms. The van der Waals surface area contributed by atoms with Crippen LogP contribution in [-0.4, -0.2) is 232 Å². The Balaban J connectivity index is 2.25. The van der Waals surface area contributed by atoms with Crippen LogP contribution < -0.4 is 20.9 Å². The number of nitrogens with two attached hydrogens (primary N) is 1. The molecule has 25 heteroatoms. The lowest BCUT2D eigenvalue weighted by Gasteiger charge is -2.36. The van der Waals surface area contributed by atoms with Crippen LogP contribution in [-0.2, 0) is 28.4 Å². The molecule has 3 rings (SSSR count). The van der Waals surface area contributed by atoms with Gasteiger partial charge in [-0.15, -0.1) is 0 Å². The van der Waals surface area contributed by atoms with Gasteiger partial charge in [-0.05, 0) is 125 Å². The van der Waals surface area contributed by atoms with Crippen molar-refractivity contribution in [2.45, 2.75) is 158 Å². The molecule has 434 valence electrons. The van der Waals surface area contributed by atoms with Crippen LogP contribution in [0.15, 0.2) is 0 Å². The predicted molar refractivity (Wildman–Crippen MR) is 289 cm³/mol. The van der Waals surface area contributed by atoms with Gasteiger partial charge in [0, 0.05) is 118 Å². The molecular formula is C51H93N13O12. The highest BCUT2D eigenvalue weighted by molar-refractivity contribution is 5.72. The van der Waals surface area contributed by atoms with E-state index in [1.54, 1.807) is 125 Å². The summed E-state index contributed by atoms with van der Waals surface area (Å²) >= 11 is 0. The summed E-state index contributed by atoms with van der Waals surface area (Å²) in [5.74, 6) is 0.486. The monoisotopic (exact) mass is 1080 g/mol. The molecule has 6 amide bonds. The number of amides is 6. The Kier molecular flexibility index (Phi) is 22.7. The average Bonchev–Trinajstić information content (AvgIpc) is 3.22. The van der Waals surface area contributed by atoms with Gasteiger partial charge in [0.15, 0.2) is 0 Å². The van der Waals surface area contributed by atoms with Crippen molar-refractivity contribution in [3.63, 3.8) is 0 Å². The first kappa shape index (κ1) is 64.3. The molecule has 2 saturated heterocycles. The molecule has 2 aliphatic heterocycles. The van der Waals surface area contributed by atoms with E-state index < -0.39 is 70.2 Å². The third-order valence-electron chi connectivity index (χ3n) is 10.6. The number of nitrogens with one attached hydrogen (secondary N) is 1. The van der Waals surface area contributed by atoms with Crippen molar-refractivity contribution in [2.24, 2.45) is 5.73 Å². The van der Waals surface area contributed by atoms with Crippen molar-refractivity contribution in [3.05, 3.63) is 0 Å². The first-order chi connectivity index (χ1) is 34.8. The van der Waals surface area contributed by atoms with E-state index in [2.05, 4.69) is 5.32 Å². The fourth-order valence-electron chi connectivity index (χ4n) is 7.18. The van der Waals surface area contributed by atoms with Crippen LogP contribution in [0.4, 0.5) is 46.6 Å². The molecule has 1 aromatic rings. The van der Waals surface area contributed by atoms with Crippen molar-refractivity contribution >= 4 is 54.4 Å². The van der Waals surface area contributed by atoms with Crippen molar-refractivity contribution in [2.75, 3.05) is 133 Å². The smallest absolute Gasteiger partial charge is 0.410 e. The SMILES string of the molecule is CC(C)(C)OC(=O)N1CCN(C(=O)OC(C)(C)C)CCN(c2nc(NCCN)nc(N3CCN(C(=O)OC(C)(C)C)CCN(C(=O)OC(C)(C)C)CCN(C(=O)OC(C)(C)C)CC3)n2)CCN(C(=O)OC(C)(C)C)CC1. The van der Waals surface area contributed by atoms with Crippen molar-refractivity contribution in [1.82, 2.24) is 44.4 Å². The number of ether oxygens (including phenoxy) is 6. The molecule has 0 saturated carbocycles. The lowest BCUT2D eigenvalue weighted by molar-refractivity contribution is 0.00797. The Labute approximate surface area is 451 Å². The summed E-state index contributed by atoms with van der Waals surface area (Å²) in [4.78, 5) is 111. The normalized spacial score (nSPS) is 17.0. The highest BCUT2D eigenvalue weighted by Gasteiger charge is 2.33. The molecule has 2 aliphatic rings. The Morgan fingerprint density at radius 2 is 0.539 bits per heavy atom. The van der Waals surface area contributed by atoms with Crippen LogP contribution in [0, 0.1) is 0 Å². The lowest BCUT2D eigenvalue weighted by Crippen LogP contribution is -2.52. The molecule has 76 heavy (non-hydrogen) atoms. The largest absolute Gasteiger partial charge is 0.444 e. The summed E-state index contributed by atoms with van der Waals surface area (Å²) in [5.41, 5.74) is 0.974. The third kappa shape index (κ3) is 24.3. The first-order valence-electron chi connectivity index (χ1n) is 26.4. The van der Waals surface area contributed by atoms with Gasteiger partial charge in [-0.2, -0.15) is 15.0 Å². The lowest BCUT2D eigenvalue weighted by atomic mass is 10.2. The van der Waals surface area contributed by atoms with Crippen LogP contribution in [0.5, 0.6) is 0 Å². The molecule has 0 atom stereocenters. The van der Waals surface area contributed by atoms with Crippen LogP contribution in [0.1, 0.15) is 125 Å². The number of nitrogens with zero attached hydrogens (tertiary/aromatic N) is 11. The molecule has 25 nitrogen and oxygen atoms in total. The van der Waals surface area contributed by atoms with Gasteiger partial charge in [0.1, 0.15) is 33.6 Å². The summed E-state index contributed by atoms with van der Waals surface area (Å²) in [6.45, 7) is 33.4. The number of aromatic nitrogens is 3. The fourth-order valence-corrected chi connectivity index (χ4v) is 7.18. The molecular weight excluding hydrogens is 987 g/mol. The van der Waals surface area contributed by atoms with Gasteiger partial charge in [-0.1, -0.05) is 0 Å². The quantitative estimate of drug-likeness (QED) is 0.306. The maximum absolute atomic E-state index is 14.0. The molecule has 0 aliphatic carbocycles. The van der Waals surface area contributed by atoms with E-state index in [1.165, 1.54) is 29.4 Å². The topological polar surface area (TPSA) is 260 Å². The van der Waals surface area contributed by atoms with Gasteiger partial charge >= 0.3 is 36.6 Å². The number of hydrogen-bond donors (Lipinski definition) is 2. The molecule has 0 radical (unpaired) electrons. The predicted octanol–water partition coefficient (Wildman–Crippen LogP) is 6.30. The second-order valence-electron chi connectivity index (χ2n) is 24.8. The maximum Gasteiger partial charge on any atom is 0.410 e. The van der Waals surface area contributed by atoms with E-state index in [9.17, 15) is 28.8 Å². The van der Waals surface area contributed by atoms with Crippen molar-refractivity contribution in [1.29, 1.82) is 0 Å². The second kappa shape index (κ2) is 26.8. The van der Waals surface area contributed by atoms with Gasteiger partial charge < -0.3 is 78.7 Å². The van der Waals surface area contributed by atoms with E-state index in [0.717, 1.165) is 0 Å². The van der Waals surface area contributed by atoms with Gasteiger partial charge in [-0.3, -0.25) is 0 Å². The number of rotatable bonds is 5. The number of hydrogen-bond acceptors (Lipinski definition) is 19. The van der Waals surface area contributed by atoms with Crippen molar-refractivity contribution in [3.8, 4) is 0 Å². The maximum atomic E-state index is 14.0. The van der Waals surface area contributed by atoms with Crippen LogP contribution in [0.25, 0.3) is 0 Å². The van der Waals surface area contributed by atoms with Crippen LogP contribution in [0.3, 0.4) is 0 Å². The summed E-state index contributed by atoms with van der Waals surface area (Å²) in [7, 11) is 0. The highest BCUT2D eigenvalue weighted by Crippen LogP contribution is 2.22. The molecule has 3 N–H and O–H groups in total. The summed E-state index contributed by atoms with van der Waals surface area (Å²) < 4.78 is 35.0. The molecule has 0 bridgehead atoms. The highest BCUT2D eigenvalue weighted by atomic mass is 16.6. The Morgan fingerprint density at radius 1 is 0.355 bits per heavy atom. The summed E-state index contributed by atoms with van der Waals surface area (Å²) in [6, 6.07) is 0. The molecule has 1 aromatic heterocycles. The number of carbonyl (C=O) groups excluding carboxylic acids is 6. The Bertz CT molecular complexity index is 1860. The van der Waals surface area contributed by atoms with E-state index >= 15 is 0 Å². The first-order valence-corrected chi connectivity index (χ1v) is 26.4. The zero-order valence-electron chi connectivity index (χ0n) is 49.1. The van der Waals surface area contributed by atoms with Gasteiger partial charge in [-0.25, -0.2) is 28.8 Å². The average molecular weight is 1080 g/mol. The number of carbonyl (C=O) groups is 6. The minimum Gasteiger partial charge on any atom is -0.444 e. The van der Waals surface area contributed by atoms with Gasteiger partial charge in [0.2, 0.25) is 17.8 Å². The second-order valence-corrected chi connectivity index (χ2v) is 24.8. The van der Waals surface area contributed by atoms with Crippen LogP contribution >= 0.6 is 0 Å². The van der Waals surface area contributed by atoms with E-state index in [4.69, 9.17) is 49.1 Å². The Hall–Kier alpha value is -6.01. The third-order valence-corrected chi connectivity index (χ3v) is 10.6. The molecule has 2 fully saturated rings. The summed E-state index contributed by atoms with van der Waals surface area (Å²) in [6.07, 6.45) is -3.65. The molecule has 3 heterocycles. The zero-order chi connectivity index (χ0) is 57.6. The minimum absolute atomic E-state index is 0.0474. The van der Waals surface area contributed by atoms with Crippen molar-refractivity contribution < 1.29 is 57.2 Å². The number of anilines is 3. The fraction of sp³-hybridized carbons (Fsp3) is 0.824. The van der Waals surface area contributed by atoms with E-state index in [1.807, 2.05) is 9.80 Å².